The van der Waals surface area contributed by atoms with Crippen LogP contribution in [0.25, 0.3) is 0 Å². The van der Waals surface area contributed by atoms with E-state index in [-0.39, 0.29) is 0 Å². The van der Waals surface area contributed by atoms with Crippen molar-refractivity contribution < 1.29 is 4.74 Å². The van der Waals surface area contributed by atoms with Crippen LogP contribution in [0.4, 0.5) is 0 Å². The zero-order valence-corrected chi connectivity index (χ0v) is 16.0. The van der Waals surface area contributed by atoms with Crippen LogP contribution < -0.4 is 10.1 Å². The summed E-state index contributed by atoms with van der Waals surface area (Å²) in [5.41, 5.74) is 1.99. The Morgan fingerprint density at radius 2 is 2.04 bits per heavy atom. The Bertz CT molecular complexity index is 671. The molecular formula is C18H25Cl2N3O. The van der Waals surface area contributed by atoms with Crippen LogP contribution in [-0.2, 0) is 13.1 Å². The highest BCUT2D eigenvalue weighted by Crippen LogP contribution is 2.26. The van der Waals surface area contributed by atoms with Gasteiger partial charge in [-0.2, -0.15) is 0 Å². The number of nitrogens with one attached hydrogen (secondary N) is 1. The van der Waals surface area contributed by atoms with E-state index in [0.717, 1.165) is 35.9 Å². The SMILES string of the molecule is CCCCCOc1ccc(Cn2c(C)nc(Cl)c2CNC)c(Cl)c1. The van der Waals surface area contributed by atoms with Gasteiger partial charge in [0.15, 0.2) is 5.15 Å². The predicted octanol–water partition coefficient (Wildman–Crippen LogP) is 4.84. The third-order valence-corrected chi connectivity index (χ3v) is 4.58. The standard InChI is InChI=1S/C18H25Cl2N3O/c1-4-5-6-9-24-15-8-7-14(16(19)10-15)12-23-13(2)22-18(20)17(23)11-21-3/h7-8,10,21H,4-6,9,11-12H2,1-3H3. The summed E-state index contributed by atoms with van der Waals surface area (Å²) >= 11 is 12.7. The van der Waals surface area contributed by atoms with Crippen LogP contribution in [0.2, 0.25) is 10.2 Å². The fraction of sp³-hybridized carbons (Fsp3) is 0.500. The van der Waals surface area contributed by atoms with Gasteiger partial charge < -0.3 is 14.6 Å². The Kier molecular flexibility index (Phi) is 7.40. The van der Waals surface area contributed by atoms with Gasteiger partial charge in [0.05, 0.1) is 18.8 Å². The number of nitrogens with zero attached hydrogens (tertiary/aromatic N) is 2. The van der Waals surface area contributed by atoms with Crippen LogP contribution in [0.15, 0.2) is 18.2 Å². The maximum Gasteiger partial charge on any atom is 0.151 e. The Hall–Kier alpha value is -1.23. The lowest BCUT2D eigenvalue weighted by Gasteiger charge is -2.13. The molecule has 0 saturated heterocycles. The van der Waals surface area contributed by atoms with Crippen molar-refractivity contribution in [2.75, 3.05) is 13.7 Å². The van der Waals surface area contributed by atoms with E-state index in [0.29, 0.717) is 23.3 Å². The molecule has 0 fully saturated rings. The van der Waals surface area contributed by atoms with Gasteiger partial charge in [-0.3, -0.25) is 0 Å². The molecule has 0 bridgehead atoms. The van der Waals surface area contributed by atoms with E-state index in [4.69, 9.17) is 27.9 Å². The van der Waals surface area contributed by atoms with Gasteiger partial charge in [-0.25, -0.2) is 4.98 Å². The number of halogens is 2. The molecule has 132 valence electrons. The normalized spacial score (nSPS) is 11.0. The highest BCUT2D eigenvalue weighted by Gasteiger charge is 2.14. The van der Waals surface area contributed by atoms with E-state index in [2.05, 4.69) is 21.8 Å². The van der Waals surface area contributed by atoms with Crippen LogP contribution >= 0.6 is 23.2 Å². The number of unbranched alkanes of at least 4 members (excludes halogenated alkanes) is 2. The highest BCUT2D eigenvalue weighted by atomic mass is 35.5. The zero-order valence-electron chi connectivity index (χ0n) is 14.5. The topological polar surface area (TPSA) is 39.1 Å². The molecule has 0 saturated carbocycles. The first-order valence-electron chi connectivity index (χ1n) is 8.34. The van der Waals surface area contributed by atoms with Gasteiger partial charge in [-0.1, -0.05) is 49.0 Å². The van der Waals surface area contributed by atoms with Crippen LogP contribution in [0.1, 0.15) is 43.3 Å². The lowest BCUT2D eigenvalue weighted by atomic mass is 10.2. The van der Waals surface area contributed by atoms with E-state index < -0.39 is 0 Å². The van der Waals surface area contributed by atoms with Gasteiger partial charge in [0.2, 0.25) is 0 Å². The molecule has 0 unspecified atom stereocenters. The third-order valence-electron chi connectivity index (χ3n) is 3.93. The summed E-state index contributed by atoms with van der Waals surface area (Å²) in [6, 6.07) is 5.86. The summed E-state index contributed by atoms with van der Waals surface area (Å²) in [4.78, 5) is 4.35. The summed E-state index contributed by atoms with van der Waals surface area (Å²) in [6.45, 7) is 6.15. The number of ether oxygens (including phenoxy) is 1. The van der Waals surface area contributed by atoms with Crippen molar-refractivity contribution >= 4 is 23.2 Å². The Morgan fingerprint density at radius 1 is 1.25 bits per heavy atom. The largest absolute Gasteiger partial charge is 0.494 e. The quantitative estimate of drug-likeness (QED) is 0.643. The van der Waals surface area contributed by atoms with Crippen molar-refractivity contribution in [3.8, 4) is 5.75 Å². The van der Waals surface area contributed by atoms with Crippen molar-refractivity contribution in [2.24, 2.45) is 0 Å². The monoisotopic (exact) mass is 369 g/mol. The molecule has 1 heterocycles. The van der Waals surface area contributed by atoms with E-state index in [9.17, 15) is 0 Å². The second-order valence-corrected chi connectivity index (χ2v) is 6.59. The fourth-order valence-electron chi connectivity index (χ4n) is 2.58. The van der Waals surface area contributed by atoms with Crippen LogP contribution in [-0.4, -0.2) is 23.2 Å². The van der Waals surface area contributed by atoms with Crippen molar-refractivity contribution in [3.05, 3.63) is 45.5 Å². The second kappa shape index (κ2) is 9.30. The average molecular weight is 370 g/mol. The molecule has 4 nitrogen and oxygen atoms in total. The molecule has 2 aromatic rings. The molecule has 0 atom stereocenters. The number of aromatic nitrogens is 2. The summed E-state index contributed by atoms with van der Waals surface area (Å²) in [7, 11) is 1.89. The number of hydrogen-bond acceptors (Lipinski definition) is 3. The molecular weight excluding hydrogens is 345 g/mol. The van der Waals surface area contributed by atoms with Crippen molar-refractivity contribution in [3.63, 3.8) is 0 Å². The first-order valence-corrected chi connectivity index (χ1v) is 9.09. The molecule has 1 aromatic carbocycles. The van der Waals surface area contributed by atoms with Gasteiger partial charge in [-0.05, 0) is 38.1 Å². The van der Waals surface area contributed by atoms with E-state index in [1.54, 1.807) is 0 Å². The van der Waals surface area contributed by atoms with Crippen LogP contribution in [0.5, 0.6) is 5.75 Å². The molecule has 0 amide bonds. The summed E-state index contributed by atoms with van der Waals surface area (Å²) in [5, 5.41) is 4.36. The Labute approximate surface area is 154 Å². The molecule has 0 radical (unpaired) electrons. The number of hydrogen-bond donors (Lipinski definition) is 1. The summed E-state index contributed by atoms with van der Waals surface area (Å²) < 4.78 is 7.83. The Morgan fingerprint density at radius 3 is 2.71 bits per heavy atom. The zero-order chi connectivity index (χ0) is 17.5. The number of rotatable bonds is 9. The average Bonchev–Trinajstić information content (AvgIpc) is 2.81. The maximum atomic E-state index is 6.45. The van der Waals surface area contributed by atoms with Crippen LogP contribution in [0.3, 0.4) is 0 Å². The Balaban J connectivity index is 2.11. The van der Waals surface area contributed by atoms with Crippen molar-refractivity contribution in [2.45, 2.75) is 46.2 Å². The van der Waals surface area contributed by atoms with E-state index >= 15 is 0 Å². The first-order chi connectivity index (χ1) is 11.6. The van der Waals surface area contributed by atoms with Gasteiger partial charge in [0.1, 0.15) is 11.6 Å². The molecule has 1 aromatic heterocycles. The van der Waals surface area contributed by atoms with Crippen molar-refractivity contribution in [1.82, 2.24) is 14.9 Å². The third kappa shape index (κ3) is 4.88. The maximum absolute atomic E-state index is 6.45. The minimum atomic E-state index is 0.536. The summed E-state index contributed by atoms with van der Waals surface area (Å²) in [5.74, 6) is 1.69. The minimum absolute atomic E-state index is 0.536. The molecule has 6 heteroatoms. The minimum Gasteiger partial charge on any atom is -0.494 e. The molecule has 1 N–H and O–H groups in total. The fourth-order valence-corrected chi connectivity index (χ4v) is 3.10. The second-order valence-electron chi connectivity index (χ2n) is 5.82. The van der Waals surface area contributed by atoms with Crippen molar-refractivity contribution in [1.29, 1.82) is 0 Å². The van der Waals surface area contributed by atoms with Gasteiger partial charge in [0, 0.05) is 11.6 Å². The van der Waals surface area contributed by atoms with Gasteiger partial charge in [-0.15, -0.1) is 0 Å². The molecule has 0 aliphatic carbocycles. The van der Waals surface area contributed by atoms with E-state index in [1.165, 1.54) is 12.8 Å². The lowest BCUT2D eigenvalue weighted by Crippen LogP contribution is -2.13. The summed E-state index contributed by atoms with van der Waals surface area (Å²) in [6.07, 6.45) is 3.43. The molecule has 0 aliphatic heterocycles. The number of imidazole rings is 1. The van der Waals surface area contributed by atoms with E-state index in [1.807, 2.05) is 32.2 Å². The molecule has 0 aliphatic rings. The molecule has 2 rings (SSSR count). The predicted molar refractivity (Wildman–Crippen MR) is 100 cm³/mol. The smallest absolute Gasteiger partial charge is 0.151 e. The molecule has 0 spiro atoms. The number of benzene rings is 1. The van der Waals surface area contributed by atoms with Crippen LogP contribution in [0, 0.1) is 6.92 Å². The molecule has 24 heavy (non-hydrogen) atoms. The number of aryl methyl sites for hydroxylation is 1. The first kappa shape index (κ1) is 19.1. The van der Waals surface area contributed by atoms with Gasteiger partial charge >= 0.3 is 0 Å². The van der Waals surface area contributed by atoms with Gasteiger partial charge in [0.25, 0.3) is 0 Å². The lowest BCUT2D eigenvalue weighted by molar-refractivity contribution is 0.306. The highest BCUT2D eigenvalue weighted by molar-refractivity contribution is 6.31.